The molecule has 1 heterocycles. The van der Waals surface area contributed by atoms with Gasteiger partial charge in [0.25, 0.3) is 0 Å². The van der Waals surface area contributed by atoms with Crippen LogP contribution >= 0.6 is 0 Å². The summed E-state index contributed by atoms with van der Waals surface area (Å²) in [6, 6.07) is 8.30. The van der Waals surface area contributed by atoms with Crippen LogP contribution in [-0.4, -0.2) is 18.4 Å². The number of hydrogen-bond donors (Lipinski definition) is 2. The highest BCUT2D eigenvalue weighted by atomic mass is 32.2. The van der Waals surface area contributed by atoms with Gasteiger partial charge in [0.2, 0.25) is 10.0 Å². The second-order valence-corrected chi connectivity index (χ2v) is 5.57. The van der Waals surface area contributed by atoms with E-state index >= 15 is 0 Å². The lowest BCUT2D eigenvalue weighted by molar-refractivity contribution is 0.579. The quantitative estimate of drug-likeness (QED) is 0.825. The minimum atomic E-state index is -3.59. The van der Waals surface area contributed by atoms with Crippen LogP contribution in [-0.2, 0) is 23.1 Å². The predicted molar refractivity (Wildman–Crippen MR) is 70.4 cm³/mol. The fraction of sp³-hybridized carbons (Fsp3) is 0.167. The van der Waals surface area contributed by atoms with E-state index in [0.29, 0.717) is 11.3 Å². The van der Waals surface area contributed by atoms with Gasteiger partial charge in [0.15, 0.2) is 0 Å². The topological polar surface area (TPSA) is 98.0 Å². The molecular formula is C12H14N4O2S. The van der Waals surface area contributed by atoms with Gasteiger partial charge in [-0.15, -0.1) is 0 Å². The van der Waals surface area contributed by atoms with Crippen molar-refractivity contribution in [3.63, 3.8) is 0 Å². The summed E-state index contributed by atoms with van der Waals surface area (Å²) in [6.45, 7) is 0.286. The van der Waals surface area contributed by atoms with Crippen LogP contribution in [0, 0.1) is 0 Å². The number of nitrogens with two attached hydrogens (primary N) is 1. The summed E-state index contributed by atoms with van der Waals surface area (Å²) in [5.74, 6) is 0. The molecule has 2 rings (SSSR count). The molecule has 100 valence electrons. The number of nitrogens with zero attached hydrogens (tertiary/aromatic N) is 2. The van der Waals surface area contributed by atoms with Gasteiger partial charge in [0.1, 0.15) is 6.33 Å². The Labute approximate surface area is 111 Å². The number of aromatic nitrogens is 2. The molecule has 0 radical (unpaired) electrons. The second kappa shape index (κ2) is 5.87. The van der Waals surface area contributed by atoms with Crippen LogP contribution in [0.15, 0.2) is 47.8 Å². The predicted octanol–water partition coefficient (Wildman–Crippen LogP) is 0.414. The Hall–Kier alpha value is -1.83. The summed E-state index contributed by atoms with van der Waals surface area (Å²) in [4.78, 5) is 7.93. The van der Waals surface area contributed by atoms with E-state index in [1.54, 1.807) is 30.5 Å². The van der Waals surface area contributed by atoms with Gasteiger partial charge in [-0.3, -0.25) is 0 Å². The van der Waals surface area contributed by atoms with E-state index in [9.17, 15) is 8.42 Å². The Morgan fingerprint density at radius 3 is 2.68 bits per heavy atom. The summed E-state index contributed by atoms with van der Waals surface area (Å²) in [5.41, 5.74) is 6.72. The van der Waals surface area contributed by atoms with Crippen molar-refractivity contribution < 1.29 is 8.42 Å². The molecule has 0 fully saturated rings. The average molecular weight is 278 g/mol. The van der Waals surface area contributed by atoms with Crippen molar-refractivity contribution in [3.05, 3.63) is 54.1 Å². The molecule has 0 unspecified atom stereocenters. The van der Waals surface area contributed by atoms with Gasteiger partial charge in [0.05, 0.1) is 17.1 Å². The third-order valence-electron chi connectivity index (χ3n) is 2.57. The van der Waals surface area contributed by atoms with Crippen molar-refractivity contribution in [3.8, 4) is 0 Å². The first-order valence-electron chi connectivity index (χ1n) is 5.66. The summed E-state index contributed by atoms with van der Waals surface area (Å²) >= 11 is 0. The van der Waals surface area contributed by atoms with E-state index in [1.807, 2.05) is 0 Å². The molecule has 0 saturated carbocycles. The van der Waals surface area contributed by atoms with Crippen LogP contribution in [0.1, 0.15) is 11.3 Å². The number of rotatable bonds is 5. The lowest BCUT2D eigenvalue weighted by atomic mass is 10.2. The first-order chi connectivity index (χ1) is 9.13. The highest BCUT2D eigenvalue weighted by molar-refractivity contribution is 7.89. The van der Waals surface area contributed by atoms with Gasteiger partial charge < -0.3 is 5.73 Å². The number of hydrogen-bond acceptors (Lipinski definition) is 5. The Morgan fingerprint density at radius 1 is 1.21 bits per heavy atom. The van der Waals surface area contributed by atoms with Gasteiger partial charge in [-0.05, 0) is 17.7 Å². The molecule has 0 aliphatic heterocycles. The van der Waals surface area contributed by atoms with Crippen LogP contribution in [0.25, 0.3) is 0 Å². The Balaban J connectivity index is 2.19. The molecule has 0 spiro atoms. The van der Waals surface area contributed by atoms with Gasteiger partial charge in [0, 0.05) is 12.7 Å². The van der Waals surface area contributed by atoms with Crippen molar-refractivity contribution in [1.29, 1.82) is 0 Å². The highest BCUT2D eigenvalue weighted by Gasteiger charge is 2.17. The summed E-state index contributed by atoms with van der Waals surface area (Å²) in [7, 11) is -3.59. The number of benzene rings is 1. The van der Waals surface area contributed by atoms with Crippen LogP contribution in [0.5, 0.6) is 0 Å². The standard InChI is InChI=1S/C12H14N4O2S/c13-7-10-3-1-2-4-12(10)19(17,18)16-8-11-5-6-14-9-15-11/h1-6,9,16H,7-8,13H2. The molecule has 1 aromatic heterocycles. The molecule has 0 saturated heterocycles. The van der Waals surface area contributed by atoms with Gasteiger partial charge in [-0.25, -0.2) is 23.1 Å². The van der Waals surface area contributed by atoms with Crippen LogP contribution in [0.4, 0.5) is 0 Å². The minimum absolute atomic E-state index is 0.115. The van der Waals surface area contributed by atoms with E-state index in [-0.39, 0.29) is 18.0 Å². The van der Waals surface area contributed by atoms with Crippen molar-refractivity contribution >= 4 is 10.0 Å². The van der Waals surface area contributed by atoms with Gasteiger partial charge in [-0.2, -0.15) is 0 Å². The summed E-state index contributed by atoms with van der Waals surface area (Å²) in [5, 5.41) is 0. The largest absolute Gasteiger partial charge is 0.326 e. The zero-order valence-corrected chi connectivity index (χ0v) is 11.0. The zero-order valence-electron chi connectivity index (χ0n) is 10.2. The molecule has 0 atom stereocenters. The smallest absolute Gasteiger partial charge is 0.241 e. The maximum absolute atomic E-state index is 12.2. The molecular weight excluding hydrogens is 264 g/mol. The lowest BCUT2D eigenvalue weighted by Crippen LogP contribution is -2.25. The van der Waals surface area contributed by atoms with E-state index in [4.69, 9.17) is 5.73 Å². The third-order valence-corrected chi connectivity index (χ3v) is 4.07. The van der Waals surface area contributed by atoms with Gasteiger partial charge in [-0.1, -0.05) is 18.2 Å². The van der Waals surface area contributed by atoms with Crippen LogP contribution in [0.3, 0.4) is 0 Å². The SMILES string of the molecule is NCc1ccccc1S(=O)(=O)NCc1ccncn1. The Bertz CT molecular complexity index is 644. The average Bonchev–Trinajstić information content (AvgIpc) is 2.46. The normalized spacial score (nSPS) is 11.4. The monoisotopic (exact) mass is 278 g/mol. The Kier molecular flexibility index (Phi) is 4.20. The van der Waals surface area contributed by atoms with E-state index < -0.39 is 10.0 Å². The molecule has 3 N–H and O–H groups in total. The minimum Gasteiger partial charge on any atom is -0.326 e. The third kappa shape index (κ3) is 3.34. The molecule has 19 heavy (non-hydrogen) atoms. The van der Waals surface area contributed by atoms with E-state index in [2.05, 4.69) is 14.7 Å². The summed E-state index contributed by atoms with van der Waals surface area (Å²) in [6.07, 6.45) is 2.93. The summed E-state index contributed by atoms with van der Waals surface area (Å²) < 4.78 is 26.8. The fourth-order valence-electron chi connectivity index (χ4n) is 1.60. The number of sulfonamides is 1. The second-order valence-electron chi connectivity index (χ2n) is 3.84. The van der Waals surface area contributed by atoms with Crippen LogP contribution < -0.4 is 10.5 Å². The first kappa shape index (κ1) is 13.6. The molecule has 0 aliphatic rings. The molecule has 2 aromatic rings. The van der Waals surface area contributed by atoms with E-state index in [1.165, 1.54) is 12.4 Å². The van der Waals surface area contributed by atoms with Crippen molar-refractivity contribution in [1.82, 2.24) is 14.7 Å². The molecule has 6 nitrogen and oxygen atoms in total. The van der Waals surface area contributed by atoms with Gasteiger partial charge >= 0.3 is 0 Å². The zero-order chi connectivity index (χ0) is 13.7. The maximum Gasteiger partial charge on any atom is 0.241 e. The molecule has 0 amide bonds. The van der Waals surface area contributed by atoms with Crippen molar-refractivity contribution in [2.45, 2.75) is 18.0 Å². The van der Waals surface area contributed by atoms with Crippen LogP contribution in [0.2, 0.25) is 0 Å². The van der Waals surface area contributed by atoms with Crippen molar-refractivity contribution in [2.24, 2.45) is 5.73 Å². The first-order valence-corrected chi connectivity index (χ1v) is 7.14. The molecule has 7 heteroatoms. The lowest BCUT2D eigenvalue weighted by Gasteiger charge is -2.09. The maximum atomic E-state index is 12.2. The Morgan fingerprint density at radius 2 is 2.00 bits per heavy atom. The number of nitrogens with one attached hydrogen (secondary N) is 1. The molecule has 1 aromatic carbocycles. The van der Waals surface area contributed by atoms with E-state index in [0.717, 1.165) is 0 Å². The molecule has 0 aliphatic carbocycles. The molecule has 0 bridgehead atoms. The highest BCUT2D eigenvalue weighted by Crippen LogP contribution is 2.14. The van der Waals surface area contributed by atoms with Crippen molar-refractivity contribution in [2.75, 3.05) is 0 Å². The fourth-order valence-corrected chi connectivity index (χ4v) is 2.85.